The average molecular weight is 380 g/mol. The van der Waals surface area contributed by atoms with E-state index in [-0.39, 0.29) is 18.3 Å². The van der Waals surface area contributed by atoms with Crippen molar-refractivity contribution in [2.45, 2.75) is 31.8 Å². The van der Waals surface area contributed by atoms with E-state index >= 15 is 0 Å². The van der Waals surface area contributed by atoms with Gasteiger partial charge in [-0.05, 0) is 36.6 Å². The summed E-state index contributed by atoms with van der Waals surface area (Å²) in [5, 5.41) is 3.12. The summed E-state index contributed by atoms with van der Waals surface area (Å²) in [5.74, 6) is 2.95. The summed E-state index contributed by atoms with van der Waals surface area (Å²) in [5.41, 5.74) is 1.57. The van der Waals surface area contributed by atoms with Gasteiger partial charge in [-0.15, -0.1) is 6.42 Å². The quantitative estimate of drug-likeness (QED) is 0.781. The molecule has 1 aliphatic rings. The first-order valence-electron chi connectivity index (χ1n) is 9.44. The summed E-state index contributed by atoms with van der Waals surface area (Å²) >= 11 is 0. The number of nitrogens with zero attached hydrogens (tertiary/aromatic N) is 1. The van der Waals surface area contributed by atoms with Gasteiger partial charge in [-0.1, -0.05) is 36.3 Å². The molecule has 1 N–H and O–H groups in total. The van der Waals surface area contributed by atoms with E-state index in [2.05, 4.69) is 16.1 Å². The van der Waals surface area contributed by atoms with Crippen LogP contribution < -0.4 is 10.1 Å². The third-order valence-corrected chi connectivity index (χ3v) is 5.20. The monoisotopic (exact) mass is 380 g/mol. The van der Waals surface area contributed by atoms with E-state index in [9.17, 15) is 9.18 Å². The highest BCUT2D eigenvalue weighted by Gasteiger charge is 2.37. The maximum atomic E-state index is 13.4. The molecule has 5 heteroatoms. The van der Waals surface area contributed by atoms with Crippen molar-refractivity contribution in [2.24, 2.45) is 0 Å². The van der Waals surface area contributed by atoms with Crippen LogP contribution in [-0.2, 0) is 16.9 Å². The SMILES string of the molecule is C#CCOc1ccccc1CN1CCC(NC(C)=O)(c2ccc(F)cc2)CC1. The second-order valence-corrected chi connectivity index (χ2v) is 7.15. The van der Waals surface area contributed by atoms with Crippen LogP contribution >= 0.6 is 0 Å². The number of nitrogens with one attached hydrogen (secondary N) is 1. The molecule has 2 aromatic carbocycles. The van der Waals surface area contributed by atoms with Crippen molar-refractivity contribution in [2.75, 3.05) is 19.7 Å². The van der Waals surface area contributed by atoms with Gasteiger partial charge in [0.15, 0.2) is 0 Å². The molecule has 1 heterocycles. The Balaban J connectivity index is 1.72. The number of halogens is 1. The Labute approximate surface area is 165 Å². The van der Waals surface area contributed by atoms with Gasteiger partial charge in [-0.3, -0.25) is 9.69 Å². The summed E-state index contributed by atoms with van der Waals surface area (Å²) < 4.78 is 19.0. The molecule has 0 saturated carbocycles. The smallest absolute Gasteiger partial charge is 0.217 e. The van der Waals surface area contributed by atoms with Crippen LogP contribution in [0, 0.1) is 18.2 Å². The van der Waals surface area contributed by atoms with Gasteiger partial charge in [0.05, 0.1) is 5.54 Å². The predicted molar refractivity (Wildman–Crippen MR) is 107 cm³/mol. The minimum Gasteiger partial charge on any atom is -0.481 e. The van der Waals surface area contributed by atoms with Gasteiger partial charge in [0.25, 0.3) is 0 Å². The zero-order valence-electron chi connectivity index (χ0n) is 16.1. The van der Waals surface area contributed by atoms with Gasteiger partial charge < -0.3 is 10.1 Å². The number of hydrogen-bond acceptors (Lipinski definition) is 3. The summed E-state index contributed by atoms with van der Waals surface area (Å²) in [7, 11) is 0. The molecule has 1 saturated heterocycles. The lowest BCUT2D eigenvalue weighted by Crippen LogP contribution is -2.52. The van der Waals surface area contributed by atoms with Crippen LogP contribution in [0.15, 0.2) is 48.5 Å². The summed E-state index contributed by atoms with van der Waals surface area (Å²) in [4.78, 5) is 14.2. The van der Waals surface area contributed by atoms with Crippen molar-refractivity contribution >= 4 is 5.91 Å². The number of piperidine rings is 1. The topological polar surface area (TPSA) is 41.6 Å². The molecule has 0 atom stereocenters. The molecule has 3 rings (SSSR count). The second-order valence-electron chi connectivity index (χ2n) is 7.15. The Morgan fingerprint density at radius 1 is 1.21 bits per heavy atom. The highest BCUT2D eigenvalue weighted by Crippen LogP contribution is 2.34. The van der Waals surface area contributed by atoms with Gasteiger partial charge in [-0.2, -0.15) is 0 Å². The first kappa shape index (κ1) is 19.9. The molecular formula is C23H25FN2O2. The van der Waals surface area contributed by atoms with Gasteiger partial charge in [-0.25, -0.2) is 4.39 Å². The number of amides is 1. The molecule has 1 aliphatic heterocycles. The number of benzene rings is 2. The zero-order chi connectivity index (χ0) is 20.0. The second kappa shape index (κ2) is 8.90. The highest BCUT2D eigenvalue weighted by atomic mass is 19.1. The van der Waals surface area contributed by atoms with Crippen molar-refractivity contribution in [1.29, 1.82) is 0 Å². The van der Waals surface area contributed by atoms with Crippen LogP contribution in [0.4, 0.5) is 4.39 Å². The Morgan fingerprint density at radius 2 is 1.89 bits per heavy atom. The fourth-order valence-corrected chi connectivity index (χ4v) is 3.82. The molecule has 0 unspecified atom stereocenters. The van der Waals surface area contributed by atoms with E-state index in [1.165, 1.54) is 19.1 Å². The summed E-state index contributed by atoms with van der Waals surface area (Å²) in [6.07, 6.45) is 6.81. The molecule has 1 amide bonds. The third-order valence-electron chi connectivity index (χ3n) is 5.20. The normalized spacial score (nSPS) is 16.2. The number of rotatable bonds is 6. The summed E-state index contributed by atoms with van der Waals surface area (Å²) in [6, 6.07) is 14.3. The number of carbonyl (C=O) groups is 1. The first-order valence-corrected chi connectivity index (χ1v) is 9.44. The zero-order valence-corrected chi connectivity index (χ0v) is 16.1. The van der Waals surface area contributed by atoms with Crippen LogP contribution in [0.25, 0.3) is 0 Å². The molecule has 0 radical (unpaired) electrons. The van der Waals surface area contributed by atoms with E-state index in [4.69, 9.17) is 11.2 Å². The lowest BCUT2D eigenvalue weighted by Gasteiger charge is -2.42. The van der Waals surface area contributed by atoms with Crippen molar-refractivity contribution in [3.05, 3.63) is 65.5 Å². The highest BCUT2D eigenvalue weighted by molar-refractivity contribution is 5.74. The minimum absolute atomic E-state index is 0.0780. The molecule has 0 spiro atoms. The molecule has 0 aliphatic carbocycles. The number of hydrogen-bond donors (Lipinski definition) is 1. The standard InChI is InChI=1S/C23H25FN2O2/c1-3-16-28-22-7-5-4-6-19(22)17-26-14-12-23(13-15-26,25-18(2)27)20-8-10-21(24)11-9-20/h1,4-11H,12-17H2,2H3,(H,25,27). The number of para-hydroxylation sites is 1. The van der Waals surface area contributed by atoms with Crippen molar-refractivity contribution < 1.29 is 13.9 Å². The fourth-order valence-electron chi connectivity index (χ4n) is 3.82. The minimum atomic E-state index is -0.463. The number of carbonyl (C=O) groups excluding carboxylic acids is 1. The van der Waals surface area contributed by atoms with E-state index in [0.717, 1.165) is 49.4 Å². The fraction of sp³-hybridized carbons (Fsp3) is 0.348. The molecule has 2 aromatic rings. The van der Waals surface area contributed by atoms with Crippen LogP contribution in [0.1, 0.15) is 30.9 Å². The number of likely N-dealkylation sites (tertiary alicyclic amines) is 1. The predicted octanol–water partition coefficient (Wildman–Crippen LogP) is 3.47. The molecule has 146 valence electrons. The van der Waals surface area contributed by atoms with Gasteiger partial charge in [0, 0.05) is 32.1 Å². The number of terminal acetylenes is 1. The van der Waals surface area contributed by atoms with Crippen LogP contribution in [-0.4, -0.2) is 30.5 Å². The van der Waals surface area contributed by atoms with Crippen molar-refractivity contribution in [3.8, 4) is 18.1 Å². The average Bonchev–Trinajstić information content (AvgIpc) is 2.69. The van der Waals surface area contributed by atoms with E-state index < -0.39 is 5.54 Å². The Morgan fingerprint density at radius 3 is 2.54 bits per heavy atom. The van der Waals surface area contributed by atoms with Crippen molar-refractivity contribution in [1.82, 2.24) is 10.2 Å². The van der Waals surface area contributed by atoms with Crippen LogP contribution in [0.5, 0.6) is 5.75 Å². The third kappa shape index (κ3) is 4.71. The lowest BCUT2D eigenvalue weighted by molar-refractivity contribution is -0.121. The molecule has 0 bridgehead atoms. The maximum absolute atomic E-state index is 13.4. The summed E-state index contributed by atoms with van der Waals surface area (Å²) in [6.45, 7) is 4.13. The Bertz CT molecular complexity index is 850. The van der Waals surface area contributed by atoms with Gasteiger partial charge in [0.2, 0.25) is 5.91 Å². The molecule has 1 fully saturated rings. The number of ether oxygens (including phenoxy) is 1. The Hall–Kier alpha value is -2.84. The largest absolute Gasteiger partial charge is 0.481 e. The Kier molecular flexibility index (Phi) is 6.33. The van der Waals surface area contributed by atoms with Crippen molar-refractivity contribution in [3.63, 3.8) is 0 Å². The van der Waals surface area contributed by atoms with Gasteiger partial charge in [0.1, 0.15) is 18.2 Å². The first-order chi connectivity index (χ1) is 13.5. The maximum Gasteiger partial charge on any atom is 0.217 e. The molecule has 0 aromatic heterocycles. The molecule has 4 nitrogen and oxygen atoms in total. The van der Waals surface area contributed by atoms with Crippen LogP contribution in [0.3, 0.4) is 0 Å². The van der Waals surface area contributed by atoms with Crippen LogP contribution in [0.2, 0.25) is 0 Å². The van der Waals surface area contributed by atoms with E-state index in [1.54, 1.807) is 12.1 Å². The van der Waals surface area contributed by atoms with E-state index in [0.29, 0.717) is 0 Å². The molecule has 28 heavy (non-hydrogen) atoms. The van der Waals surface area contributed by atoms with Gasteiger partial charge >= 0.3 is 0 Å². The lowest BCUT2D eigenvalue weighted by atomic mass is 9.80. The molecular weight excluding hydrogens is 355 g/mol. The van der Waals surface area contributed by atoms with E-state index in [1.807, 2.05) is 24.3 Å².